The Hall–Kier alpha value is -1.34. The van der Waals surface area contributed by atoms with Crippen LogP contribution >= 0.6 is 38.5 Å². The van der Waals surface area contributed by atoms with Crippen molar-refractivity contribution in [2.45, 2.75) is 12.5 Å². The van der Waals surface area contributed by atoms with E-state index in [0.29, 0.717) is 3.57 Å². The molecule has 0 heterocycles. The summed E-state index contributed by atoms with van der Waals surface area (Å²) in [7, 11) is 0. The predicted octanol–water partition coefficient (Wildman–Crippen LogP) is 3.48. The average molecular weight is 557 g/mol. The first kappa shape index (κ1) is 22.0. The minimum atomic E-state index is -0.956. The topological polar surface area (TPSA) is 90.8 Å². The van der Waals surface area contributed by atoms with Crippen molar-refractivity contribution >= 4 is 55.8 Å². The number of hydroxylamine groups is 1. The van der Waals surface area contributed by atoms with Gasteiger partial charge in [0, 0.05) is 9.99 Å². The molecule has 146 valence electrons. The summed E-state index contributed by atoms with van der Waals surface area (Å²) in [5, 5.41) is 20.7. The zero-order chi connectivity index (χ0) is 20.0. The molecule has 0 spiro atoms. The van der Waals surface area contributed by atoms with Gasteiger partial charge in [0.2, 0.25) is 0 Å². The van der Waals surface area contributed by atoms with Crippen molar-refractivity contribution in [2.24, 2.45) is 0 Å². The van der Waals surface area contributed by atoms with Gasteiger partial charge < -0.3 is 15.5 Å². The molecule has 0 aliphatic carbocycles. The van der Waals surface area contributed by atoms with Crippen LogP contribution in [0.1, 0.15) is 16.8 Å². The summed E-state index contributed by atoms with van der Waals surface area (Å²) >= 11 is 4.97. The normalized spacial score (nSPS) is 11.9. The first-order valence-corrected chi connectivity index (χ1v) is 9.61. The maximum atomic E-state index is 14.1. The fraction of sp³-hybridized carbons (Fsp3) is 0.235. The molecule has 0 saturated heterocycles. The van der Waals surface area contributed by atoms with Crippen LogP contribution in [0, 0.1) is 15.2 Å². The molecular formula is C17H16BrF2IN2O4. The van der Waals surface area contributed by atoms with Crippen LogP contribution in [0.3, 0.4) is 0 Å². The third kappa shape index (κ3) is 6.35. The number of amides is 1. The number of aliphatic hydroxyl groups excluding tert-OH is 2. The van der Waals surface area contributed by atoms with Crippen molar-refractivity contribution in [1.29, 1.82) is 0 Å². The molecule has 2 rings (SSSR count). The number of aliphatic hydroxyl groups is 2. The highest BCUT2D eigenvalue weighted by Gasteiger charge is 2.17. The maximum Gasteiger partial charge on any atom is 0.276 e. The minimum absolute atomic E-state index is 0.0175. The van der Waals surface area contributed by atoms with Gasteiger partial charge in [0.15, 0.2) is 0 Å². The van der Waals surface area contributed by atoms with Crippen molar-refractivity contribution in [3.05, 3.63) is 55.6 Å². The predicted molar refractivity (Wildman–Crippen MR) is 108 cm³/mol. The molecule has 0 aliphatic heterocycles. The van der Waals surface area contributed by atoms with Gasteiger partial charge in [-0.05, 0) is 68.9 Å². The van der Waals surface area contributed by atoms with E-state index >= 15 is 0 Å². The summed E-state index contributed by atoms with van der Waals surface area (Å²) in [5.74, 6) is -1.87. The zero-order valence-corrected chi connectivity index (χ0v) is 17.6. The molecule has 1 unspecified atom stereocenters. The highest BCUT2D eigenvalue weighted by atomic mass is 127. The quantitative estimate of drug-likeness (QED) is 0.227. The Bertz CT molecular complexity index is 826. The Balaban J connectivity index is 2.17. The summed E-state index contributed by atoms with van der Waals surface area (Å²) < 4.78 is 28.7. The molecule has 1 amide bonds. The Kier molecular flexibility index (Phi) is 8.35. The molecule has 27 heavy (non-hydrogen) atoms. The first-order valence-electron chi connectivity index (χ1n) is 7.74. The van der Waals surface area contributed by atoms with Crippen LogP contribution in [0.15, 0.2) is 34.8 Å². The van der Waals surface area contributed by atoms with Crippen molar-refractivity contribution < 1.29 is 28.6 Å². The van der Waals surface area contributed by atoms with Gasteiger partial charge in [0.05, 0.1) is 40.7 Å². The number of benzene rings is 2. The number of carbonyl (C=O) groups is 1. The lowest BCUT2D eigenvalue weighted by Gasteiger charge is -2.14. The van der Waals surface area contributed by atoms with Gasteiger partial charge in [-0.3, -0.25) is 9.63 Å². The van der Waals surface area contributed by atoms with Crippen LogP contribution in [0.2, 0.25) is 0 Å². The van der Waals surface area contributed by atoms with Crippen LogP contribution < -0.4 is 10.8 Å². The molecule has 1 atom stereocenters. The first-order chi connectivity index (χ1) is 12.8. The number of hydrogen-bond donors (Lipinski definition) is 4. The number of anilines is 2. The second-order valence-electron chi connectivity index (χ2n) is 5.47. The molecule has 2 aromatic carbocycles. The lowest BCUT2D eigenvalue weighted by atomic mass is 10.1. The third-order valence-electron chi connectivity index (χ3n) is 3.43. The van der Waals surface area contributed by atoms with Crippen molar-refractivity contribution in [2.75, 3.05) is 18.5 Å². The number of nitrogens with one attached hydrogen (secondary N) is 2. The largest absolute Gasteiger partial charge is 0.394 e. The van der Waals surface area contributed by atoms with Gasteiger partial charge in [0.25, 0.3) is 5.91 Å². The second kappa shape index (κ2) is 10.3. The zero-order valence-electron chi connectivity index (χ0n) is 13.8. The molecule has 0 radical (unpaired) electrons. The van der Waals surface area contributed by atoms with Gasteiger partial charge in [-0.2, -0.15) is 0 Å². The highest BCUT2D eigenvalue weighted by molar-refractivity contribution is 14.1. The molecule has 0 aliphatic rings. The summed E-state index contributed by atoms with van der Waals surface area (Å²) in [6, 6.07) is 6.74. The lowest BCUT2D eigenvalue weighted by molar-refractivity contribution is 0.00705. The SMILES string of the molecule is O=C(NOCCC(O)CO)c1cc(Br)c(F)cc1Nc1ccc(I)cc1F. The van der Waals surface area contributed by atoms with E-state index in [4.69, 9.17) is 9.94 Å². The molecule has 0 aromatic heterocycles. The van der Waals surface area contributed by atoms with Crippen molar-refractivity contribution in [3.63, 3.8) is 0 Å². The number of halogens is 4. The van der Waals surface area contributed by atoms with Crippen LogP contribution in [0.5, 0.6) is 0 Å². The van der Waals surface area contributed by atoms with Crippen LogP contribution in [-0.4, -0.2) is 35.4 Å². The van der Waals surface area contributed by atoms with Gasteiger partial charge in [-0.25, -0.2) is 14.3 Å². The molecule has 6 nitrogen and oxygen atoms in total. The van der Waals surface area contributed by atoms with E-state index in [1.807, 2.05) is 22.6 Å². The van der Waals surface area contributed by atoms with Gasteiger partial charge in [-0.1, -0.05) is 0 Å². The summed E-state index contributed by atoms with van der Waals surface area (Å²) in [5.41, 5.74) is 2.31. The Morgan fingerprint density at radius 1 is 1.22 bits per heavy atom. The molecule has 0 fully saturated rings. The highest BCUT2D eigenvalue weighted by Crippen LogP contribution is 2.29. The van der Waals surface area contributed by atoms with E-state index in [1.54, 1.807) is 6.07 Å². The molecular weight excluding hydrogens is 541 g/mol. The molecule has 0 saturated carbocycles. The Morgan fingerprint density at radius 2 is 1.96 bits per heavy atom. The van der Waals surface area contributed by atoms with Gasteiger partial charge in [-0.15, -0.1) is 0 Å². The van der Waals surface area contributed by atoms with Crippen molar-refractivity contribution in [3.8, 4) is 0 Å². The average Bonchev–Trinajstić information content (AvgIpc) is 2.63. The minimum Gasteiger partial charge on any atom is -0.394 e. The maximum absolute atomic E-state index is 14.1. The molecule has 0 bridgehead atoms. The fourth-order valence-electron chi connectivity index (χ4n) is 2.03. The monoisotopic (exact) mass is 556 g/mol. The summed E-state index contributed by atoms with van der Waals surface area (Å²) in [4.78, 5) is 17.3. The van der Waals surface area contributed by atoms with Crippen molar-refractivity contribution in [1.82, 2.24) is 5.48 Å². The van der Waals surface area contributed by atoms with Gasteiger partial charge >= 0.3 is 0 Å². The lowest BCUT2D eigenvalue weighted by Crippen LogP contribution is -2.27. The van der Waals surface area contributed by atoms with E-state index in [-0.39, 0.29) is 34.4 Å². The van der Waals surface area contributed by atoms with E-state index in [0.717, 1.165) is 6.07 Å². The van der Waals surface area contributed by atoms with Gasteiger partial charge in [0.1, 0.15) is 11.6 Å². The molecule has 4 N–H and O–H groups in total. The van der Waals surface area contributed by atoms with Crippen LogP contribution in [0.25, 0.3) is 0 Å². The Labute approximate surface area is 176 Å². The van der Waals surface area contributed by atoms with E-state index in [9.17, 15) is 18.7 Å². The molecule has 2 aromatic rings. The second-order valence-corrected chi connectivity index (χ2v) is 7.57. The summed E-state index contributed by atoms with van der Waals surface area (Å²) in [6.07, 6.45) is -0.842. The van der Waals surface area contributed by atoms with Crippen LogP contribution in [-0.2, 0) is 4.84 Å². The molecule has 10 heteroatoms. The van der Waals surface area contributed by atoms with E-state index < -0.39 is 30.3 Å². The number of rotatable bonds is 8. The van der Waals surface area contributed by atoms with Crippen LogP contribution in [0.4, 0.5) is 20.2 Å². The third-order valence-corrected chi connectivity index (χ3v) is 4.71. The number of hydrogen-bond acceptors (Lipinski definition) is 5. The van der Waals surface area contributed by atoms with E-state index in [2.05, 4.69) is 26.7 Å². The number of carbonyl (C=O) groups excluding carboxylic acids is 1. The van der Waals surface area contributed by atoms with E-state index in [1.165, 1.54) is 18.2 Å². The smallest absolute Gasteiger partial charge is 0.276 e. The fourth-order valence-corrected chi connectivity index (χ4v) is 2.83. The standard InChI is InChI=1S/C17H16BrF2IN2O4/c18-12-6-11(17(26)23-27-4-3-10(25)8-24)16(7-13(12)19)22-15-2-1-9(21)5-14(15)20/h1-2,5-7,10,22,24-25H,3-4,8H2,(H,23,26). The summed E-state index contributed by atoms with van der Waals surface area (Å²) in [6.45, 7) is -0.456. The Morgan fingerprint density at radius 3 is 2.63 bits per heavy atom.